The zero-order chi connectivity index (χ0) is 10.2. The molecule has 0 radical (unpaired) electrons. The Kier molecular flexibility index (Phi) is 2.38. The van der Waals surface area contributed by atoms with Crippen LogP contribution in [0.4, 0.5) is 8.78 Å². The molecule has 0 aliphatic rings. The Hall–Kier alpha value is -0.970. The van der Waals surface area contributed by atoms with Crippen molar-refractivity contribution < 1.29 is 13.6 Å². The van der Waals surface area contributed by atoms with E-state index < -0.39 is 16.9 Å². The van der Waals surface area contributed by atoms with Gasteiger partial charge in [-0.1, -0.05) is 0 Å². The summed E-state index contributed by atoms with van der Waals surface area (Å²) in [5, 5.41) is -0.178. The summed E-state index contributed by atoms with van der Waals surface area (Å²) in [7, 11) is 1.44. The van der Waals surface area contributed by atoms with Crippen LogP contribution in [-0.4, -0.2) is 15.6 Å². The van der Waals surface area contributed by atoms with Gasteiger partial charge in [-0.25, -0.2) is 0 Å². The average molecular weight is 209 g/mol. The van der Waals surface area contributed by atoms with Gasteiger partial charge in [0.2, 0.25) is 0 Å². The van der Waals surface area contributed by atoms with E-state index in [1.807, 2.05) is 0 Å². The van der Waals surface area contributed by atoms with Gasteiger partial charge in [-0.3, -0.25) is 9.48 Å². The number of rotatable bonds is 2. The molecule has 0 fully saturated rings. The van der Waals surface area contributed by atoms with E-state index in [2.05, 4.69) is 5.10 Å². The van der Waals surface area contributed by atoms with Gasteiger partial charge >= 0.3 is 5.38 Å². The minimum atomic E-state index is -3.59. The molecule has 3 nitrogen and oxygen atoms in total. The Morgan fingerprint density at radius 3 is 2.54 bits per heavy atom. The van der Waals surface area contributed by atoms with Crippen molar-refractivity contribution in [3.8, 4) is 0 Å². The van der Waals surface area contributed by atoms with Crippen molar-refractivity contribution in [3.63, 3.8) is 0 Å². The van der Waals surface area contributed by atoms with Gasteiger partial charge in [0.1, 0.15) is 0 Å². The Labute approximate surface area is 78.3 Å². The minimum Gasteiger partial charge on any atom is -0.294 e. The van der Waals surface area contributed by atoms with Crippen molar-refractivity contribution in [2.75, 3.05) is 0 Å². The molecule has 0 amide bonds. The highest BCUT2D eigenvalue weighted by Gasteiger charge is 2.35. The second-order valence-electron chi connectivity index (χ2n) is 2.62. The van der Waals surface area contributed by atoms with E-state index in [1.165, 1.54) is 20.2 Å². The lowest BCUT2D eigenvalue weighted by Crippen LogP contribution is -2.09. The quantitative estimate of drug-likeness (QED) is 0.550. The summed E-state index contributed by atoms with van der Waals surface area (Å²) in [4.78, 5) is 10.9. The third-order valence-corrected chi connectivity index (χ3v) is 1.66. The largest absolute Gasteiger partial charge is 0.367 e. The molecule has 1 aromatic heterocycles. The Morgan fingerprint density at radius 2 is 2.23 bits per heavy atom. The van der Waals surface area contributed by atoms with E-state index in [4.69, 9.17) is 11.6 Å². The second-order valence-corrected chi connectivity index (χ2v) is 3.09. The number of hydrogen-bond acceptors (Lipinski definition) is 2. The van der Waals surface area contributed by atoms with E-state index >= 15 is 0 Å². The molecule has 0 bridgehead atoms. The highest BCUT2D eigenvalue weighted by Crippen LogP contribution is 2.33. The molecule has 0 aliphatic carbocycles. The molecule has 1 rings (SSSR count). The van der Waals surface area contributed by atoms with Gasteiger partial charge in [-0.05, 0) is 18.5 Å². The van der Waals surface area contributed by atoms with E-state index in [-0.39, 0.29) is 5.56 Å². The van der Waals surface area contributed by atoms with Crippen LogP contribution in [-0.2, 0) is 12.4 Å². The standard InChI is InChI=1S/C7H7ClF2N2O/c1-4(13)5-3-12(2)11-6(5)7(8,9)10/h3H,1-2H3. The third-order valence-electron chi connectivity index (χ3n) is 1.48. The molecule has 0 saturated carbocycles. The zero-order valence-corrected chi connectivity index (χ0v) is 7.77. The highest BCUT2D eigenvalue weighted by atomic mass is 35.5. The smallest absolute Gasteiger partial charge is 0.294 e. The number of ketones is 1. The SMILES string of the molecule is CC(=O)c1cn(C)nc1C(F)(F)Cl. The molecule has 1 aromatic rings. The van der Waals surface area contributed by atoms with E-state index in [0.717, 1.165) is 4.68 Å². The van der Waals surface area contributed by atoms with Gasteiger partial charge in [0.25, 0.3) is 0 Å². The van der Waals surface area contributed by atoms with Gasteiger partial charge in [-0.15, -0.1) is 0 Å². The van der Waals surface area contributed by atoms with Crippen molar-refractivity contribution >= 4 is 17.4 Å². The molecular weight excluding hydrogens is 202 g/mol. The minimum absolute atomic E-state index is 0.150. The fourth-order valence-corrected chi connectivity index (χ4v) is 1.10. The van der Waals surface area contributed by atoms with Crippen LogP contribution in [0.3, 0.4) is 0 Å². The van der Waals surface area contributed by atoms with E-state index in [9.17, 15) is 13.6 Å². The Bertz CT molecular complexity index is 343. The van der Waals surface area contributed by atoms with Crippen LogP contribution < -0.4 is 0 Å². The van der Waals surface area contributed by atoms with Crippen LogP contribution in [0.15, 0.2) is 6.20 Å². The lowest BCUT2D eigenvalue weighted by Gasteiger charge is -2.04. The first kappa shape index (κ1) is 10.1. The summed E-state index contributed by atoms with van der Waals surface area (Å²) in [5.41, 5.74) is -0.841. The number of alkyl halides is 3. The van der Waals surface area contributed by atoms with Crippen LogP contribution in [0.1, 0.15) is 23.0 Å². The lowest BCUT2D eigenvalue weighted by atomic mass is 10.2. The molecular formula is C7H7ClF2N2O. The van der Waals surface area contributed by atoms with Crippen molar-refractivity contribution in [2.45, 2.75) is 12.3 Å². The molecule has 0 atom stereocenters. The summed E-state index contributed by atoms with van der Waals surface area (Å²) in [6, 6.07) is 0. The lowest BCUT2D eigenvalue weighted by molar-refractivity contribution is 0.0847. The molecule has 0 N–H and O–H groups in total. The van der Waals surface area contributed by atoms with Crippen molar-refractivity contribution in [3.05, 3.63) is 17.5 Å². The summed E-state index contributed by atoms with van der Waals surface area (Å²) in [6.45, 7) is 1.18. The summed E-state index contributed by atoms with van der Waals surface area (Å²) in [5.74, 6) is -0.483. The maximum absolute atomic E-state index is 12.6. The molecule has 72 valence electrons. The monoisotopic (exact) mass is 208 g/mol. The first-order valence-electron chi connectivity index (χ1n) is 3.44. The number of carbonyl (C=O) groups is 1. The number of halogens is 3. The molecule has 0 spiro atoms. The average Bonchev–Trinajstić information content (AvgIpc) is 2.29. The fourth-order valence-electron chi connectivity index (χ4n) is 0.955. The van der Waals surface area contributed by atoms with Gasteiger partial charge in [-0.2, -0.15) is 13.9 Å². The van der Waals surface area contributed by atoms with E-state index in [0.29, 0.717) is 0 Å². The Balaban J connectivity index is 3.28. The molecule has 0 saturated heterocycles. The first-order chi connectivity index (χ1) is 5.82. The number of Topliss-reactive ketones (excluding diaryl/α,β-unsaturated/α-hetero) is 1. The van der Waals surface area contributed by atoms with E-state index in [1.54, 1.807) is 0 Å². The van der Waals surface area contributed by atoms with Crippen LogP contribution in [0.5, 0.6) is 0 Å². The van der Waals surface area contributed by atoms with Gasteiger partial charge in [0, 0.05) is 13.2 Å². The second kappa shape index (κ2) is 3.06. The van der Waals surface area contributed by atoms with Gasteiger partial charge in [0.15, 0.2) is 11.5 Å². The fraction of sp³-hybridized carbons (Fsp3) is 0.429. The third kappa shape index (κ3) is 2.03. The maximum atomic E-state index is 12.6. The van der Waals surface area contributed by atoms with Crippen LogP contribution in [0.25, 0.3) is 0 Å². The first-order valence-corrected chi connectivity index (χ1v) is 3.82. The molecule has 0 aromatic carbocycles. The number of nitrogens with zero attached hydrogens (tertiary/aromatic N) is 2. The molecule has 1 heterocycles. The molecule has 6 heteroatoms. The summed E-state index contributed by atoms with van der Waals surface area (Å²) >= 11 is 4.76. The van der Waals surface area contributed by atoms with Crippen LogP contribution in [0.2, 0.25) is 0 Å². The summed E-state index contributed by atoms with van der Waals surface area (Å²) < 4.78 is 26.4. The van der Waals surface area contributed by atoms with Crippen molar-refractivity contribution in [1.82, 2.24) is 9.78 Å². The van der Waals surface area contributed by atoms with Crippen LogP contribution in [0, 0.1) is 0 Å². The Morgan fingerprint density at radius 1 is 1.69 bits per heavy atom. The van der Waals surface area contributed by atoms with Gasteiger partial charge in [0.05, 0.1) is 5.56 Å². The summed E-state index contributed by atoms with van der Waals surface area (Å²) in [6.07, 6.45) is 1.22. The van der Waals surface area contributed by atoms with Gasteiger partial charge < -0.3 is 0 Å². The zero-order valence-electron chi connectivity index (χ0n) is 7.01. The van der Waals surface area contributed by atoms with Crippen LogP contribution >= 0.6 is 11.6 Å². The highest BCUT2D eigenvalue weighted by molar-refractivity contribution is 6.22. The number of carbonyl (C=O) groups excluding carboxylic acids is 1. The maximum Gasteiger partial charge on any atom is 0.367 e. The number of hydrogen-bond donors (Lipinski definition) is 0. The normalized spacial score (nSPS) is 11.8. The number of aromatic nitrogens is 2. The predicted molar refractivity (Wildman–Crippen MR) is 43.0 cm³/mol. The predicted octanol–water partition coefficient (Wildman–Crippen LogP) is 1.91. The van der Waals surface area contributed by atoms with Crippen molar-refractivity contribution in [1.29, 1.82) is 0 Å². The van der Waals surface area contributed by atoms with Crippen molar-refractivity contribution in [2.24, 2.45) is 7.05 Å². The number of aryl methyl sites for hydroxylation is 1. The molecule has 0 aliphatic heterocycles. The molecule has 13 heavy (non-hydrogen) atoms. The topological polar surface area (TPSA) is 34.9 Å². The molecule has 0 unspecified atom stereocenters.